The van der Waals surface area contributed by atoms with Crippen LogP contribution in [-0.2, 0) is 14.3 Å². The molecule has 0 radical (unpaired) electrons. The van der Waals surface area contributed by atoms with E-state index in [0.29, 0.717) is 19.4 Å². The maximum Gasteiger partial charge on any atom is 0.307 e. The monoisotopic (exact) mass is 160 g/mol. The fourth-order valence-corrected chi connectivity index (χ4v) is 0.651. The van der Waals surface area contributed by atoms with Gasteiger partial charge in [-0.25, -0.2) is 0 Å². The lowest BCUT2D eigenvalue weighted by Crippen LogP contribution is -2.19. The Morgan fingerprint density at radius 3 is 2.36 bits per heavy atom. The van der Waals surface area contributed by atoms with Crippen LogP contribution in [0.15, 0.2) is 0 Å². The first-order chi connectivity index (χ1) is 5.24. The van der Waals surface area contributed by atoms with Crippen molar-refractivity contribution in [2.24, 2.45) is 0 Å². The fraction of sp³-hybridized carbons (Fsp3) is 0.875. The molecule has 0 fully saturated rings. The summed E-state index contributed by atoms with van der Waals surface area (Å²) in [6, 6.07) is 0. The molecule has 0 aliphatic heterocycles. The molecule has 0 saturated carbocycles. The summed E-state index contributed by atoms with van der Waals surface area (Å²) in [5.74, 6) is -0.203. The van der Waals surface area contributed by atoms with Crippen LogP contribution in [0.4, 0.5) is 0 Å². The van der Waals surface area contributed by atoms with Gasteiger partial charge in [-0.05, 0) is 6.92 Å². The maximum atomic E-state index is 10.8. The number of carbonyl (C=O) groups excluding carboxylic acids is 1. The van der Waals surface area contributed by atoms with E-state index in [4.69, 9.17) is 9.47 Å². The van der Waals surface area contributed by atoms with Crippen LogP contribution in [-0.4, -0.2) is 18.9 Å². The molecule has 0 saturated heterocycles. The molecule has 0 amide bonds. The number of hydrogen-bond donors (Lipinski definition) is 0. The van der Waals surface area contributed by atoms with Gasteiger partial charge in [-0.2, -0.15) is 0 Å². The molecule has 0 bridgehead atoms. The second-order valence-electron chi connectivity index (χ2n) is 2.14. The second kappa shape index (κ2) is 6.16. The molecule has 0 aliphatic rings. The van der Waals surface area contributed by atoms with Crippen LogP contribution in [0, 0.1) is 0 Å². The Hall–Kier alpha value is -0.570. The van der Waals surface area contributed by atoms with E-state index in [-0.39, 0.29) is 12.3 Å². The van der Waals surface area contributed by atoms with E-state index in [1.165, 1.54) is 0 Å². The fourth-order valence-electron chi connectivity index (χ4n) is 0.651. The molecule has 0 rings (SSSR count). The van der Waals surface area contributed by atoms with E-state index >= 15 is 0 Å². The number of ether oxygens (including phenoxy) is 2. The van der Waals surface area contributed by atoms with Crippen LogP contribution in [0.25, 0.3) is 0 Å². The minimum absolute atomic E-state index is 0.203. The Balaban J connectivity index is 3.58. The third-order valence-corrected chi connectivity index (χ3v) is 1.24. The molecule has 0 aromatic rings. The van der Waals surface area contributed by atoms with Crippen molar-refractivity contribution in [1.82, 2.24) is 0 Å². The first-order valence-corrected chi connectivity index (χ1v) is 4.05. The summed E-state index contributed by atoms with van der Waals surface area (Å²) in [4.78, 5) is 10.8. The van der Waals surface area contributed by atoms with Gasteiger partial charge >= 0.3 is 5.97 Å². The SMILES string of the molecule is CCOC(CC)OC(=O)CC. The molecule has 0 aromatic carbocycles. The zero-order valence-electron chi connectivity index (χ0n) is 7.42. The van der Waals surface area contributed by atoms with Crippen molar-refractivity contribution in [1.29, 1.82) is 0 Å². The zero-order valence-corrected chi connectivity index (χ0v) is 7.42. The van der Waals surface area contributed by atoms with Gasteiger partial charge in [-0.1, -0.05) is 13.8 Å². The molecule has 0 N–H and O–H groups in total. The van der Waals surface area contributed by atoms with Gasteiger partial charge in [0.15, 0.2) is 0 Å². The van der Waals surface area contributed by atoms with Crippen molar-refractivity contribution in [2.45, 2.75) is 39.9 Å². The molecule has 3 nitrogen and oxygen atoms in total. The largest absolute Gasteiger partial charge is 0.436 e. The van der Waals surface area contributed by atoms with Crippen LogP contribution in [0.2, 0.25) is 0 Å². The predicted molar refractivity (Wildman–Crippen MR) is 42.1 cm³/mol. The molecule has 0 heterocycles. The Morgan fingerprint density at radius 1 is 1.36 bits per heavy atom. The highest BCUT2D eigenvalue weighted by Gasteiger charge is 2.09. The topological polar surface area (TPSA) is 35.5 Å². The number of hydrogen-bond acceptors (Lipinski definition) is 3. The number of esters is 1. The normalized spacial score (nSPS) is 12.6. The van der Waals surface area contributed by atoms with Crippen molar-refractivity contribution in [3.63, 3.8) is 0 Å². The summed E-state index contributed by atoms with van der Waals surface area (Å²) in [5.41, 5.74) is 0. The van der Waals surface area contributed by atoms with Gasteiger partial charge in [-0.3, -0.25) is 4.79 Å². The van der Waals surface area contributed by atoms with Crippen LogP contribution in [0.5, 0.6) is 0 Å². The Kier molecular flexibility index (Phi) is 5.84. The molecule has 0 aliphatic carbocycles. The molecule has 0 spiro atoms. The van der Waals surface area contributed by atoms with Crippen LogP contribution in [0.1, 0.15) is 33.6 Å². The Morgan fingerprint density at radius 2 is 2.00 bits per heavy atom. The van der Waals surface area contributed by atoms with Gasteiger partial charge in [0, 0.05) is 19.4 Å². The van der Waals surface area contributed by atoms with Crippen molar-refractivity contribution in [2.75, 3.05) is 6.61 Å². The summed E-state index contributed by atoms with van der Waals surface area (Å²) in [7, 11) is 0. The quantitative estimate of drug-likeness (QED) is 0.453. The molecule has 3 heteroatoms. The standard InChI is InChI=1S/C8H16O3/c1-4-7(9)11-8(5-2)10-6-3/h8H,4-6H2,1-3H3. The summed E-state index contributed by atoms with van der Waals surface area (Å²) in [5, 5.41) is 0. The smallest absolute Gasteiger partial charge is 0.307 e. The lowest BCUT2D eigenvalue weighted by atomic mass is 10.4. The predicted octanol–water partition coefficient (Wildman–Crippen LogP) is 1.71. The van der Waals surface area contributed by atoms with Crippen LogP contribution < -0.4 is 0 Å². The van der Waals surface area contributed by atoms with Crippen molar-refractivity contribution in [3.05, 3.63) is 0 Å². The summed E-state index contributed by atoms with van der Waals surface area (Å²) < 4.78 is 10.0. The highest BCUT2D eigenvalue weighted by atomic mass is 16.7. The summed E-state index contributed by atoms with van der Waals surface area (Å²) >= 11 is 0. The molecular formula is C8H16O3. The third kappa shape index (κ3) is 4.79. The first-order valence-electron chi connectivity index (χ1n) is 4.05. The molecule has 0 aromatic heterocycles. The average molecular weight is 160 g/mol. The van der Waals surface area contributed by atoms with E-state index in [2.05, 4.69) is 0 Å². The van der Waals surface area contributed by atoms with E-state index in [9.17, 15) is 4.79 Å². The highest BCUT2D eigenvalue weighted by Crippen LogP contribution is 2.01. The van der Waals surface area contributed by atoms with Crippen molar-refractivity contribution < 1.29 is 14.3 Å². The van der Waals surface area contributed by atoms with Gasteiger partial charge < -0.3 is 9.47 Å². The lowest BCUT2D eigenvalue weighted by molar-refractivity contribution is -0.177. The minimum atomic E-state index is -0.354. The highest BCUT2D eigenvalue weighted by molar-refractivity contribution is 5.68. The second-order valence-corrected chi connectivity index (χ2v) is 2.14. The van der Waals surface area contributed by atoms with Gasteiger partial charge in [-0.15, -0.1) is 0 Å². The van der Waals surface area contributed by atoms with Gasteiger partial charge in [0.2, 0.25) is 6.29 Å². The van der Waals surface area contributed by atoms with E-state index in [1.807, 2.05) is 13.8 Å². The molecule has 11 heavy (non-hydrogen) atoms. The summed E-state index contributed by atoms with van der Waals surface area (Å²) in [6.07, 6.45) is 0.760. The Bertz CT molecular complexity index is 112. The zero-order chi connectivity index (χ0) is 8.69. The van der Waals surface area contributed by atoms with Crippen LogP contribution in [0.3, 0.4) is 0 Å². The molecule has 66 valence electrons. The maximum absolute atomic E-state index is 10.8. The molecular weight excluding hydrogens is 144 g/mol. The van der Waals surface area contributed by atoms with Gasteiger partial charge in [0.1, 0.15) is 0 Å². The van der Waals surface area contributed by atoms with E-state index in [1.54, 1.807) is 6.92 Å². The van der Waals surface area contributed by atoms with E-state index in [0.717, 1.165) is 0 Å². The third-order valence-electron chi connectivity index (χ3n) is 1.24. The lowest BCUT2D eigenvalue weighted by Gasteiger charge is -2.14. The molecule has 1 atom stereocenters. The molecule has 1 unspecified atom stereocenters. The van der Waals surface area contributed by atoms with Crippen LogP contribution >= 0.6 is 0 Å². The average Bonchev–Trinajstić information content (AvgIpc) is 2.03. The Labute approximate surface area is 67.7 Å². The van der Waals surface area contributed by atoms with Crippen molar-refractivity contribution >= 4 is 5.97 Å². The minimum Gasteiger partial charge on any atom is -0.436 e. The number of rotatable bonds is 5. The van der Waals surface area contributed by atoms with E-state index < -0.39 is 0 Å². The van der Waals surface area contributed by atoms with Gasteiger partial charge in [0.25, 0.3) is 0 Å². The van der Waals surface area contributed by atoms with Crippen molar-refractivity contribution in [3.8, 4) is 0 Å². The van der Waals surface area contributed by atoms with Gasteiger partial charge in [0.05, 0.1) is 0 Å². The first kappa shape index (κ1) is 10.4. The number of carbonyl (C=O) groups is 1. The summed E-state index contributed by atoms with van der Waals surface area (Å²) in [6.45, 7) is 6.14.